The molecule has 1 N–H and O–H groups in total. The van der Waals surface area contributed by atoms with E-state index in [0.29, 0.717) is 0 Å². The lowest BCUT2D eigenvalue weighted by Gasteiger charge is -2.36. The van der Waals surface area contributed by atoms with Crippen LogP contribution in [0.2, 0.25) is 0 Å². The van der Waals surface area contributed by atoms with Gasteiger partial charge in [-0.15, -0.1) is 0 Å². The van der Waals surface area contributed by atoms with Gasteiger partial charge >= 0.3 is 12.1 Å². The van der Waals surface area contributed by atoms with E-state index in [4.69, 9.17) is 9.47 Å². The van der Waals surface area contributed by atoms with Crippen molar-refractivity contribution in [2.75, 3.05) is 20.8 Å². The van der Waals surface area contributed by atoms with Crippen LogP contribution < -0.4 is 0 Å². The Morgan fingerprint density at radius 3 is 2.38 bits per heavy atom. The molecule has 0 radical (unpaired) electrons. The van der Waals surface area contributed by atoms with Gasteiger partial charge < -0.3 is 14.6 Å². The molecular formula is C15H21NO5. The summed E-state index contributed by atoms with van der Waals surface area (Å²) in [5, 5.41) is 9.43. The fourth-order valence-corrected chi connectivity index (χ4v) is 2.02. The van der Waals surface area contributed by atoms with Gasteiger partial charge in [-0.05, 0) is 12.0 Å². The first-order chi connectivity index (χ1) is 9.97. The zero-order valence-corrected chi connectivity index (χ0v) is 12.5. The summed E-state index contributed by atoms with van der Waals surface area (Å²) < 4.78 is 10.1. The van der Waals surface area contributed by atoms with E-state index < -0.39 is 17.6 Å². The lowest BCUT2D eigenvalue weighted by molar-refractivity contribution is -0.153. The second-order valence-electron chi connectivity index (χ2n) is 4.72. The molecule has 1 unspecified atom stereocenters. The van der Waals surface area contributed by atoms with Crippen molar-refractivity contribution in [1.29, 1.82) is 0 Å². The molecule has 0 aliphatic rings. The Hall–Kier alpha value is -2.08. The maximum absolute atomic E-state index is 12.1. The number of aliphatic carboxylic acids is 1. The number of methoxy groups -OCH3 is 1. The number of carbonyl (C=O) groups is 2. The Kier molecular flexibility index (Phi) is 6.17. The average Bonchev–Trinajstić information content (AvgIpc) is 2.50. The van der Waals surface area contributed by atoms with Crippen LogP contribution in [0.15, 0.2) is 30.3 Å². The van der Waals surface area contributed by atoms with Crippen LogP contribution in [0.5, 0.6) is 0 Å². The largest absolute Gasteiger partial charge is 0.479 e. The summed E-state index contributed by atoms with van der Waals surface area (Å²) in [7, 11) is 2.81. The molecule has 0 saturated carbocycles. The molecule has 116 valence electrons. The van der Waals surface area contributed by atoms with Gasteiger partial charge in [-0.25, -0.2) is 9.59 Å². The molecule has 6 heteroatoms. The topological polar surface area (TPSA) is 76.1 Å². The summed E-state index contributed by atoms with van der Waals surface area (Å²) >= 11 is 0. The van der Waals surface area contributed by atoms with Gasteiger partial charge in [0.2, 0.25) is 0 Å². The first-order valence-electron chi connectivity index (χ1n) is 6.64. The molecule has 0 spiro atoms. The molecule has 0 saturated heterocycles. The molecule has 1 rings (SSSR count). The number of carboxylic acid groups (broad SMARTS) is 1. The van der Waals surface area contributed by atoms with Gasteiger partial charge in [0.05, 0.1) is 6.61 Å². The zero-order chi connectivity index (χ0) is 15.9. The first-order valence-corrected chi connectivity index (χ1v) is 6.64. The third-order valence-electron chi connectivity index (χ3n) is 3.49. The van der Waals surface area contributed by atoms with Crippen molar-refractivity contribution in [1.82, 2.24) is 4.90 Å². The Balaban J connectivity index is 2.76. The number of carboxylic acids is 1. The maximum atomic E-state index is 12.1. The predicted molar refractivity (Wildman–Crippen MR) is 76.9 cm³/mol. The number of hydrogen-bond donors (Lipinski definition) is 1. The molecule has 0 aliphatic carbocycles. The minimum Gasteiger partial charge on any atom is -0.479 e. The summed E-state index contributed by atoms with van der Waals surface area (Å²) in [6.07, 6.45) is -0.479. The van der Waals surface area contributed by atoms with Gasteiger partial charge in [0, 0.05) is 14.2 Å². The Labute approximate surface area is 124 Å². The summed E-state index contributed by atoms with van der Waals surface area (Å²) in [5.74, 6) is -1.12. The van der Waals surface area contributed by atoms with Gasteiger partial charge in [-0.2, -0.15) is 0 Å². The molecule has 1 aromatic rings. The Bertz CT molecular complexity index is 476. The number of carbonyl (C=O) groups excluding carboxylic acids is 1. The molecule has 1 atom stereocenters. The summed E-state index contributed by atoms with van der Waals surface area (Å²) in [4.78, 5) is 24.7. The van der Waals surface area contributed by atoms with Gasteiger partial charge in [0.1, 0.15) is 6.61 Å². The van der Waals surface area contributed by atoms with E-state index in [9.17, 15) is 14.7 Å². The molecule has 0 aliphatic heterocycles. The van der Waals surface area contributed by atoms with Crippen LogP contribution in [-0.2, 0) is 20.9 Å². The highest BCUT2D eigenvalue weighted by atomic mass is 16.6. The quantitative estimate of drug-likeness (QED) is 0.834. The van der Waals surface area contributed by atoms with E-state index in [1.54, 1.807) is 6.92 Å². The van der Waals surface area contributed by atoms with Crippen LogP contribution in [0.25, 0.3) is 0 Å². The van der Waals surface area contributed by atoms with Gasteiger partial charge in [-0.3, -0.25) is 4.90 Å². The Morgan fingerprint density at radius 1 is 1.29 bits per heavy atom. The van der Waals surface area contributed by atoms with Crippen LogP contribution in [0.1, 0.15) is 18.9 Å². The van der Waals surface area contributed by atoms with E-state index >= 15 is 0 Å². The lowest BCUT2D eigenvalue weighted by atomic mass is 9.96. The minimum absolute atomic E-state index is 0.0937. The molecule has 0 bridgehead atoms. The normalized spacial score (nSPS) is 13.3. The van der Waals surface area contributed by atoms with Crippen LogP contribution in [-0.4, -0.2) is 48.4 Å². The van der Waals surface area contributed by atoms with Crippen LogP contribution in [0.4, 0.5) is 4.79 Å². The van der Waals surface area contributed by atoms with Crippen molar-refractivity contribution in [3.63, 3.8) is 0 Å². The maximum Gasteiger partial charge on any atom is 0.410 e. The number of benzene rings is 1. The van der Waals surface area contributed by atoms with Crippen LogP contribution >= 0.6 is 0 Å². The highest BCUT2D eigenvalue weighted by Gasteiger charge is 2.44. The third-order valence-corrected chi connectivity index (χ3v) is 3.49. The fourth-order valence-electron chi connectivity index (χ4n) is 2.02. The standard InChI is InChI=1S/C15H21NO5/c1-4-15(11-20-3,13(17)18)16(2)14(19)21-10-12-8-6-5-7-9-12/h5-9H,4,10-11H2,1-3H3,(H,17,18). The number of hydrogen-bond acceptors (Lipinski definition) is 4. The second-order valence-corrected chi connectivity index (χ2v) is 4.72. The number of rotatable bonds is 7. The van der Waals surface area contributed by atoms with Crippen molar-refractivity contribution in [2.45, 2.75) is 25.5 Å². The van der Waals surface area contributed by atoms with Crippen molar-refractivity contribution in [2.24, 2.45) is 0 Å². The minimum atomic E-state index is -1.43. The molecule has 0 aromatic heterocycles. The monoisotopic (exact) mass is 295 g/mol. The first kappa shape index (κ1) is 17.0. The number of ether oxygens (including phenoxy) is 2. The molecule has 21 heavy (non-hydrogen) atoms. The second kappa shape index (κ2) is 7.64. The van der Waals surface area contributed by atoms with E-state index in [2.05, 4.69) is 0 Å². The van der Waals surface area contributed by atoms with Gasteiger partial charge in [0.25, 0.3) is 0 Å². The summed E-state index contributed by atoms with van der Waals surface area (Å²) in [6.45, 7) is 1.68. The van der Waals surface area contributed by atoms with Crippen molar-refractivity contribution in [3.05, 3.63) is 35.9 Å². The average molecular weight is 295 g/mol. The zero-order valence-electron chi connectivity index (χ0n) is 12.5. The number of nitrogens with zero attached hydrogens (tertiary/aromatic N) is 1. The van der Waals surface area contributed by atoms with Crippen molar-refractivity contribution >= 4 is 12.1 Å². The van der Waals surface area contributed by atoms with E-state index in [1.165, 1.54) is 14.2 Å². The van der Waals surface area contributed by atoms with Crippen LogP contribution in [0.3, 0.4) is 0 Å². The van der Waals surface area contributed by atoms with Crippen molar-refractivity contribution in [3.8, 4) is 0 Å². The van der Waals surface area contributed by atoms with Crippen LogP contribution in [0, 0.1) is 0 Å². The SMILES string of the molecule is CCC(COC)(C(=O)O)N(C)C(=O)OCc1ccccc1. The van der Waals surface area contributed by atoms with Gasteiger partial charge in [-0.1, -0.05) is 37.3 Å². The smallest absolute Gasteiger partial charge is 0.410 e. The molecular weight excluding hydrogens is 274 g/mol. The Morgan fingerprint density at radius 2 is 1.90 bits per heavy atom. The lowest BCUT2D eigenvalue weighted by Crippen LogP contribution is -2.58. The molecule has 1 amide bonds. The number of likely N-dealkylation sites (N-methyl/N-ethyl adjacent to an activating group) is 1. The molecule has 1 aromatic carbocycles. The van der Waals surface area contributed by atoms with E-state index in [-0.39, 0.29) is 19.6 Å². The molecule has 0 heterocycles. The van der Waals surface area contributed by atoms with E-state index in [0.717, 1.165) is 10.5 Å². The van der Waals surface area contributed by atoms with E-state index in [1.807, 2.05) is 30.3 Å². The predicted octanol–water partition coefficient (Wildman–Crippen LogP) is 2.13. The van der Waals surface area contributed by atoms with Crippen molar-refractivity contribution < 1.29 is 24.2 Å². The number of amides is 1. The highest BCUT2D eigenvalue weighted by molar-refractivity contribution is 5.84. The van der Waals surface area contributed by atoms with Gasteiger partial charge in [0.15, 0.2) is 5.54 Å². The summed E-state index contributed by atoms with van der Waals surface area (Å²) in [6, 6.07) is 9.19. The highest BCUT2D eigenvalue weighted by Crippen LogP contribution is 2.21. The molecule has 0 fully saturated rings. The molecule has 6 nitrogen and oxygen atoms in total. The third kappa shape index (κ3) is 3.95. The summed E-state index contributed by atoms with van der Waals surface area (Å²) in [5.41, 5.74) is -0.592. The fraction of sp³-hybridized carbons (Fsp3) is 0.467.